The molecule has 2 N–H and O–H groups in total. The standard InChI is InChI=1S/C34H48N8/c1-11-25(6)38-31-22-30(26(12-2)20-32(31)41(10)19-18-40(8)9)37-23-36-28(16-17-35-7)27-14-15-29-33(21-27)42(24(4)5)34(13-3)39-29/h11,14-17,20-22,24,37-38H,1,6-7,12-13,18-19,23H2,2-5,8-10H3/b17-16-,36-28?. The van der Waals surface area contributed by atoms with Crippen LogP contribution in [0.2, 0.25) is 0 Å². The van der Waals surface area contributed by atoms with Gasteiger partial charge < -0.3 is 25.0 Å². The zero-order chi connectivity index (χ0) is 30.8. The largest absolute Gasteiger partial charge is 0.372 e. The van der Waals surface area contributed by atoms with Gasteiger partial charge in [0.05, 0.1) is 28.1 Å². The number of likely N-dealkylation sites (N-methyl/N-ethyl adjacent to an activating group) is 2. The van der Waals surface area contributed by atoms with Crippen molar-refractivity contribution in [2.75, 3.05) is 56.4 Å². The number of allylic oxidation sites excluding steroid dienone is 2. The molecule has 0 amide bonds. The third kappa shape index (κ3) is 7.97. The second kappa shape index (κ2) is 15.2. The van der Waals surface area contributed by atoms with E-state index >= 15 is 0 Å². The van der Waals surface area contributed by atoms with Gasteiger partial charge in [0, 0.05) is 55.7 Å². The Hall–Kier alpha value is -4.17. The molecule has 0 fully saturated rings. The minimum absolute atomic E-state index is 0.310. The van der Waals surface area contributed by atoms with E-state index < -0.39 is 0 Å². The van der Waals surface area contributed by atoms with E-state index in [1.165, 1.54) is 5.56 Å². The van der Waals surface area contributed by atoms with Crippen molar-refractivity contribution in [1.82, 2.24) is 14.5 Å². The molecule has 0 bridgehead atoms. The Labute approximate surface area is 252 Å². The van der Waals surface area contributed by atoms with Crippen molar-refractivity contribution >= 4 is 40.5 Å². The fourth-order valence-electron chi connectivity index (χ4n) is 4.90. The van der Waals surface area contributed by atoms with Crippen LogP contribution in [0.1, 0.15) is 50.7 Å². The van der Waals surface area contributed by atoms with Crippen LogP contribution in [0.4, 0.5) is 17.1 Å². The molecule has 0 saturated heterocycles. The van der Waals surface area contributed by atoms with E-state index in [4.69, 9.17) is 9.98 Å². The van der Waals surface area contributed by atoms with Crippen molar-refractivity contribution in [1.29, 1.82) is 0 Å². The lowest BCUT2D eigenvalue weighted by atomic mass is 10.1. The van der Waals surface area contributed by atoms with E-state index in [2.05, 4.69) is 129 Å². The predicted molar refractivity (Wildman–Crippen MR) is 184 cm³/mol. The molecule has 8 heteroatoms. The monoisotopic (exact) mass is 568 g/mol. The first-order chi connectivity index (χ1) is 20.1. The van der Waals surface area contributed by atoms with Gasteiger partial charge in [0.15, 0.2) is 0 Å². The first kappa shape index (κ1) is 32.3. The fourth-order valence-corrected chi connectivity index (χ4v) is 4.90. The van der Waals surface area contributed by atoms with Gasteiger partial charge in [-0.1, -0.05) is 33.1 Å². The predicted octanol–water partition coefficient (Wildman–Crippen LogP) is 6.92. The molecule has 0 aliphatic heterocycles. The molecule has 1 heterocycles. The maximum Gasteiger partial charge on any atom is 0.109 e. The molecule has 3 aromatic rings. The van der Waals surface area contributed by atoms with Gasteiger partial charge in [0.25, 0.3) is 0 Å². The third-order valence-electron chi connectivity index (χ3n) is 7.19. The second-order valence-electron chi connectivity index (χ2n) is 10.9. The van der Waals surface area contributed by atoms with Crippen molar-refractivity contribution in [3.63, 3.8) is 0 Å². The molecule has 8 nitrogen and oxygen atoms in total. The summed E-state index contributed by atoms with van der Waals surface area (Å²) in [5.74, 6) is 1.09. The summed E-state index contributed by atoms with van der Waals surface area (Å²) in [4.78, 5) is 18.2. The molecule has 0 unspecified atom stereocenters. The van der Waals surface area contributed by atoms with Crippen LogP contribution in [-0.2, 0) is 12.8 Å². The van der Waals surface area contributed by atoms with Gasteiger partial charge in [-0.3, -0.25) is 9.98 Å². The number of anilines is 3. The minimum Gasteiger partial charge on any atom is -0.372 e. The highest BCUT2D eigenvalue weighted by molar-refractivity contribution is 6.10. The number of nitrogens with one attached hydrogen (secondary N) is 2. The fraction of sp³-hybridized carbons (Fsp3) is 0.382. The van der Waals surface area contributed by atoms with Crippen molar-refractivity contribution in [3.05, 3.63) is 84.5 Å². The molecule has 0 atom stereocenters. The van der Waals surface area contributed by atoms with Gasteiger partial charge in [-0.25, -0.2) is 4.98 Å². The molecule has 224 valence electrons. The Morgan fingerprint density at radius 1 is 1.07 bits per heavy atom. The van der Waals surface area contributed by atoms with Gasteiger partial charge in [-0.05, 0) is 83.1 Å². The van der Waals surface area contributed by atoms with Crippen LogP contribution in [0.15, 0.2) is 77.5 Å². The Morgan fingerprint density at radius 2 is 1.83 bits per heavy atom. The van der Waals surface area contributed by atoms with Crippen molar-refractivity contribution in [2.45, 2.75) is 46.6 Å². The van der Waals surface area contributed by atoms with Crippen LogP contribution in [-0.4, -0.2) is 67.8 Å². The molecule has 1 aromatic heterocycles. The molecule has 3 rings (SSSR count). The Bertz CT molecular complexity index is 1460. The quantitative estimate of drug-likeness (QED) is 0.145. The molecule has 0 radical (unpaired) electrons. The first-order valence-electron chi connectivity index (χ1n) is 14.7. The first-order valence-corrected chi connectivity index (χ1v) is 14.7. The van der Waals surface area contributed by atoms with Crippen molar-refractivity contribution in [3.8, 4) is 0 Å². The number of aryl methyl sites for hydroxylation is 2. The number of imidazole rings is 1. The van der Waals surface area contributed by atoms with Crippen LogP contribution < -0.4 is 15.5 Å². The van der Waals surface area contributed by atoms with Gasteiger partial charge in [-0.15, -0.1) is 0 Å². The zero-order valence-electron chi connectivity index (χ0n) is 26.5. The smallest absolute Gasteiger partial charge is 0.109 e. The highest BCUT2D eigenvalue weighted by atomic mass is 15.2. The Morgan fingerprint density at radius 3 is 2.45 bits per heavy atom. The number of hydrogen-bond donors (Lipinski definition) is 2. The summed E-state index contributed by atoms with van der Waals surface area (Å²) in [7, 11) is 6.30. The van der Waals surface area contributed by atoms with Gasteiger partial charge >= 0.3 is 0 Å². The van der Waals surface area contributed by atoms with Gasteiger partial charge in [-0.2, -0.15) is 0 Å². The van der Waals surface area contributed by atoms with Crippen LogP contribution in [0.3, 0.4) is 0 Å². The lowest BCUT2D eigenvalue weighted by Gasteiger charge is -2.26. The summed E-state index contributed by atoms with van der Waals surface area (Å²) in [5, 5.41) is 6.99. The lowest BCUT2D eigenvalue weighted by Crippen LogP contribution is -2.29. The number of benzene rings is 2. The Kier molecular flexibility index (Phi) is 11.7. The maximum atomic E-state index is 4.95. The second-order valence-corrected chi connectivity index (χ2v) is 10.9. The number of fused-ring (bicyclic) bond motifs is 1. The third-order valence-corrected chi connectivity index (χ3v) is 7.19. The summed E-state index contributed by atoms with van der Waals surface area (Å²) in [6.07, 6.45) is 7.07. The summed E-state index contributed by atoms with van der Waals surface area (Å²) in [5.41, 5.74) is 9.01. The number of aliphatic imine (C=N–C) groups is 2. The topological polar surface area (TPSA) is 73.1 Å². The molecule has 42 heavy (non-hydrogen) atoms. The zero-order valence-corrected chi connectivity index (χ0v) is 26.5. The van der Waals surface area contributed by atoms with Crippen molar-refractivity contribution < 1.29 is 0 Å². The molecule has 0 aliphatic rings. The Balaban J connectivity index is 1.97. The highest BCUT2D eigenvalue weighted by Crippen LogP contribution is 2.33. The normalized spacial score (nSPS) is 12.0. The average Bonchev–Trinajstić information content (AvgIpc) is 3.35. The van der Waals surface area contributed by atoms with E-state index in [9.17, 15) is 0 Å². The van der Waals surface area contributed by atoms with Gasteiger partial charge in [0.2, 0.25) is 0 Å². The summed E-state index contributed by atoms with van der Waals surface area (Å²) in [6.45, 7) is 22.5. The molecule has 0 spiro atoms. The van der Waals surface area contributed by atoms with E-state index in [1.54, 1.807) is 12.3 Å². The summed E-state index contributed by atoms with van der Waals surface area (Å²) >= 11 is 0. The van der Waals surface area contributed by atoms with Crippen molar-refractivity contribution in [2.24, 2.45) is 9.98 Å². The van der Waals surface area contributed by atoms with E-state index in [0.717, 1.165) is 76.8 Å². The van der Waals surface area contributed by atoms with Crippen LogP contribution in [0.25, 0.3) is 11.0 Å². The number of hydrogen-bond acceptors (Lipinski definition) is 7. The minimum atomic E-state index is 0.310. The van der Waals surface area contributed by atoms with Crippen LogP contribution >= 0.6 is 0 Å². The summed E-state index contributed by atoms with van der Waals surface area (Å²) in [6, 6.07) is 11.0. The maximum absolute atomic E-state index is 4.95. The molecule has 2 aromatic carbocycles. The molecule has 0 saturated carbocycles. The van der Waals surface area contributed by atoms with Gasteiger partial charge in [0.1, 0.15) is 12.5 Å². The number of aromatic nitrogens is 2. The van der Waals surface area contributed by atoms with E-state index in [1.807, 2.05) is 6.08 Å². The van der Waals surface area contributed by atoms with E-state index in [-0.39, 0.29) is 0 Å². The molecular formula is C34H48N8. The van der Waals surface area contributed by atoms with Crippen LogP contribution in [0, 0.1) is 0 Å². The molecule has 0 aliphatic carbocycles. The average molecular weight is 569 g/mol. The van der Waals surface area contributed by atoms with E-state index in [0.29, 0.717) is 12.7 Å². The SMILES string of the molecule is C=CC(=C)Nc1cc(NCN=C(/C=C\N=C)c2ccc3nc(CC)n(C(C)C)c3c2)c(CC)cc1N(C)CCN(C)C. The number of nitrogens with zero attached hydrogens (tertiary/aromatic N) is 6. The number of rotatable bonds is 16. The molecular weight excluding hydrogens is 520 g/mol. The lowest BCUT2D eigenvalue weighted by molar-refractivity contribution is 0.416. The summed E-state index contributed by atoms with van der Waals surface area (Å²) < 4.78 is 2.31. The highest BCUT2D eigenvalue weighted by Gasteiger charge is 2.15. The van der Waals surface area contributed by atoms with Crippen LogP contribution in [0.5, 0.6) is 0 Å².